The number of carbonyl (C=O) groups is 1. The summed E-state index contributed by atoms with van der Waals surface area (Å²) in [5, 5.41) is 11.6. The Labute approximate surface area is 71.1 Å². The summed E-state index contributed by atoms with van der Waals surface area (Å²) < 4.78 is 29.4. The smallest absolute Gasteiger partial charge is 0.358 e. The summed E-state index contributed by atoms with van der Waals surface area (Å²) >= 11 is 0. The zero-order valence-electron chi connectivity index (χ0n) is 6.33. The van der Waals surface area contributed by atoms with E-state index in [2.05, 4.69) is 9.68 Å². The highest BCUT2D eigenvalue weighted by Crippen LogP contribution is 2.55. The summed E-state index contributed by atoms with van der Waals surface area (Å²) in [6.45, 7) is 0. The van der Waals surface area contributed by atoms with Crippen LogP contribution in [0.3, 0.4) is 0 Å². The minimum Gasteiger partial charge on any atom is -0.476 e. The van der Waals surface area contributed by atoms with Gasteiger partial charge in [-0.3, -0.25) is 0 Å². The lowest BCUT2D eigenvalue weighted by atomic mass is 10.3. The molecule has 1 heterocycles. The molecule has 1 aliphatic rings. The first-order valence-electron chi connectivity index (χ1n) is 3.58. The largest absolute Gasteiger partial charge is 0.476 e. The number of hydrogen-bond donors (Lipinski definition) is 1. The molecule has 1 aromatic rings. The average molecular weight is 189 g/mol. The van der Waals surface area contributed by atoms with Gasteiger partial charge in [-0.05, 0) is 0 Å². The average Bonchev–Trinajstić information content (AvgIpc) is 2.50. The van der Waals surface area contributed by atoms with Crippen LogP contribution in [-0.2, 0) is 0 Å². The van der Waals surface area contributed by atoms with Crippen LogP contribution in [0.5, 0.6) is 0 Å². The Morgan fingerprint density at radius 2 is 2.38 bits per heavy atom. The van der Waals surface area contributed by atoms with Crippen molar-refractivity contribution in [3.8, 4) is 0 Å². The summed E-state index contributed by atoms with van der Waals surface area (Å²) in [5.74, 6) is -5.08. The number of rotatable bonds is 2. The van der Waals surface area contributed by atoms with Crippen molar-refractivity contribution in [3.63, 3.8) is 0 Å². The molecule has 1 N–H and O–H groups in total. The molecule has 13 heavy (non-hydrogen) atoms. The van der Waals surface area contributed by atoms with Gasteiger partial charge in [-0.2, -0.15) is 0 Å². The van der Waals surface area contributed by atoms with Gasteiger partial charge in [0.2, 0.25) is 0 Å². The molecule has 1 fully saturated rings. The van der Waals surface area contributed by atoms with Gasteiger partial charge in [0.15, 0.2) is 5.69 Å². The van der Waals surface area contributed by atoms with Gasteiger partial charge in [-0.25, -0.2) is 13.6 Å². The maximum Gasteiger partial charge on any atom is 0.358 e. The van der Waals surface area contributed by atoms with Gasteiger partial charge < -0.3 is 9.63 Å². The fourth-order valence-electron chi connectivity index (χ4n) is 1.08. The predicted molar refractivity (Wildman–Crippen MR) is 35.8 cm³/mol. The van der Waals surface area contributed by atoms with Crippen LogP contribution in [0.1, 0.15) is 28.6 Å². The summed E-state index contributed by atoms with van der Waals surface area (Å²) in [7, 11) is 0. The Bertz CT molecular complexity index is 360. The number of aromatic nitrogens is 1. The molecule has 1 aliphatic carbocycles. The Kier molecular flexibility index (Phi) is 1.43. The summed E-state index contributed by atoms with van der Waals surface area (Å²) in [6, 6.07) is 1.04. The van der Waals surface area contributed by atoms with Crippen molar-refractivity contribution in [3.05, 3.63) is 17.5 Å². The van der Waals surface area contributed by atoms with Crippen molar-refractivity contribution >= 4 is 5.97 Å². The zero-order chi connectivity index (χ0) is 9.64. The van der Waals surface area contributed by atoms with Crippen molar-refractivity contribution in [1.82, 2.24) is 5.16 Å². The van der Waals surface area contributed by atoms with E-state index in [1.165, 1.54) is 0 Å². The van der Waals surface area contributed by atoms with E-state index in [1.807, 2.05) is 0 Å². The quantitative estimate of drug-likeness (QED) is 0.765. The predicted octanol–water partition coefficient (Wildman–Crippen LogP) is 1.50. The molecule has 0 saturated heterocycles. The molecule has 1 unspecified atom stereocenters. The zero-order valence-corrected chi connectivity index (χ0v) is 6.33. The topological polar surface area (TPSA) is 63.3 Å². The molecule has 0 aliphatic heterocycles. The second kappa shape index (κ2) is 2.27. The molecule has 0 bridgehead atoms. The highest BCUT2D eigenvalue weighted by Gasteiger charge is 2.60. The van der Waals surface area contributed by atoms with E-state index in [0.29, 0.717) is 0 Å². The molecule has 0 amide bonds. The van der Waals surface area contributed by atoms with E-state index in [9.17, 15) is 13.6 Å². The lowest BCUT2D eigenvalue weighted by Crippen LogP contribution is -1.95. The van der Waals surface area contributed by atoms with E-state index in [0.717, 1.165) is 6.07 Å². The second-order valence-electron chi connectivity index (χ2n) is 2.94. The minimum absolute atomic E-state index is 0.0533. The normalized spacial score (nSPS) is 24.3. The first-order valence-corrected chi connectivity index (χ1v) is 3.58. The molecule has 2 rings (SSSR count). The van der Waals surface area contributed by atoms with Crippen LogP contribution in [0.4, 0.5) is 8.78 Å². The highest BCUT2D eigenvalue weighted by atomic mass is 19.3. The fourth-order valence-corrected chi connectivity index (χ4v) is 1.08. The number of nitrogens with zero attached hydrogens (tertiary/aromatic N) is 1. The Balaban J connectivity index is 2.20. The van der Waals surface area contributed by atoms with Crippen molar-refractivity contribution in [2.75, 3.05) is 0 Å². The summed E-state index contributed by atoms with van der Waals surface area (Å²) in [5.41, 5.74) is -0.335. The number of aromatic carboxylic acids is 1. The molecule has 1 atom stereocenters. The first kappa shape index (κ1) is 8.15. The Morgan fingerprint density at radius 1 is 1.77 bits per heavy atom. The lowest BCUT2D eigenvalue weighted by Gasteiger charge is -1.88. The van der Waals surface area contributed by atoms with Crippen LogP contribution >= 0.6 is 0 Å². The highest BCUT2D eigenvalue weighted by molar-refractivity contribution is 5.85. The number of hydrogen-bond acceptors (Lipinski definition) is 3. The number of alkyl halides is 2. The van der Waals surface area contributed by atoms with Crippen molar-refractivity contribution in [1.29, 1.82) is 0 Å². The molecule has 70 valence electrons. The molecule has 0 spiro atoms. The van der Waals surface area contributed by atoms with E-state index in [4.69, 9.17) is 5.11 Å². The fraction of sp³-hybridized carbons (Fsp3) is 0.429. The molecular formula is C7H5F2NO3. The lowest BCUT2D eigenvalue weighted by molar-refractivity contribution is 0.0685. The number of carboxylic acid groups (broad SMARTS) is 1. The van der Waals surface area contributed by atoms with Crippen LogP contribution in [0, 0.1) is 0 Å². The monoisotopic (exact) mass is 189 g/mol. The van der Waals surface area contributed by atoms with E-state index in [-0.39, 0.29) is 17.9 Å². The molecule has 1 aromatic heterocycles. The van der Waals surface area contributed by atoms with Gasteiger partial charge in [0, 0.05) is 12.5 Å². The maximum atomic E-state index is 12.5. The van der Waals surface area contributed by atoms with E-state index < -0.39 is 17.8 Å². The van der Waals surface area contributed by atoms with Gasteiger partial charge in [-0.15, -0.1) is 0 Å². The van der Waals surface area contributed by atoms with Crippen LogP contribution in [0.15, 0.2) is 10.6 Å². The third-order valence-electron chi connectivity index (χ3n) is 1.92. The molecule has 6 heteroatoms. The minimum atomic E-state index is -2.75. The number of carboxylic acids is 1. The molecule has 0 aromatic carbocycles. The SMILES string of the molecule is O=C(O)c1cc(C2CC2(F)F)on1. The van der Waals surface area contributed by atoms with Crippen LogP contribution in [-0.4, -0.2) is 22.2 Å². The molecular weight excluding hydrogens is 184 g/mol. The van der Waals surface area contributed by atoms with Gasteiger partial charge in [-0.1, -0.05) is 5.16 Å². The van der Waals surface area contributed by atoms with Crippen LogP contribution < -0.4 is 0 Å². The molecule has 0 radical (unpaired) electrons. The number of halogens is 2. The van der Waals surface area contributed by atoms with Crippen molar-refractivity contribution < 1.29 is 23.2 Å². The molecule has 4 nitrogen and oxygen atoms in total. The van der Waals surface area contributed by atoms with E-state index in [1.54, 1.807) is 0 Å². The summed E-state index contributed by atoms with van der Waals surface area (Å²) in [6.07, 6.45) is -0.290. The van der Waals surface area contributed by atoms with Gasteiger partial charge in [0.1, 0.15) is 5.76 Å². The van der Waals surface area contributed by atoms with Crippen LogP contribution in [0.2, 0.25) is 0 Å². The van der Waals surface area contributed by atoms with Gasteiger partial charge in [0.25, 0.3) is 5.92 Å². The Hall–Kier alpha value is -1.46. The molecule has 1 saturated carbocycles. The standard InChI is InChI=1S/C7H5F2NO3/c8-7(9)2-3(7)5-1-4(6(11)12)10-13-5/h1,3H,2H2,(H,11,12). The second-order valence-corrected chi connectivity index (χ2v) is 2.94. The van der Waals surface area contributed by atoms with Gasteiger partial charge >= 0.3 is 5.97 Å². The maximum absolute atomic E-state index is 12.5. The van der Waals surface area contributed by atoms with Crippen molar-refractivity contribution in [2.45, 2.75) is 18.3 Å². The van der Waals surface area contributed by atoms with Gasteiger partial charge in [0.05, 0.1) is 5.92 Å². The Morgan fingerprint density at radius 3 is 2.77 bits per heavy atom. The van der Waals surface area contributed by atoms with Crippen molar-refractivity contribution in [2.24, 2.45) is 0 Å². The third-order valence-corrected chi connectivity index (χ3v) is 1.92. The summed E-state index contributed by atoms with van der Waals surface area (Å²) in [4.78, 5) is 10.3. The third kappa shape index (κ3) is 1.28. The van der Waals surface area contributed by atoms with E-state index >= 15 is 0 Å². The van der Waals surface area contributed by atoms with Crippen LogP contribution in [0.25, 0.3) is 0 Å². The first-order chi connectivity index (χ1) is 6.00.